The Kier molecular flexibility index (Phi) is 2.22. The summed E-state index contributed by atoms with van der Waals surface area (Å²) in [4.78, 5) is 25.9. The molecule has 0 bridgehead atoms. The number of carbonyl (C=O) groups excluding carboxylic acids is 2. The average Bonchev–Trinajstić information content (AvgIpc) is 3.00. The summed E-state index contributed by atoms with van der Waals surface area (Å²) in [5.74, 6) is 0.287. The predicted molar refractivity (Wildman–Crippen MR) is 83.3 cm³/mol. The van der Waals surface area contributed by atoms with Gasteiger partial charge in [0.2, 0.25) is 0 Å². The number of fused-ring (bicyclic) bond motifs is 4. The molecule has 2 aromatic carbocycles. The van der Waals surface area contributed by atoms with Crippen LogP contribution in [0.2, 0.25) is 0 Å². The van der Waals surface area contributed by atoms with E-state index >= 15 is 0 Å². The van der Waals surface area contributed by atoms with Crippen LogP contribution in [0.25, 0.3) is 0 Å². The van der Waals surface area contributed by atoms with E-state index in [0.717, 1.165) is 46.2 Å². The monoisotopic (exact) mass is 286 g/mol. The highest BCUT2D eigenvalue weighted by atomic mass is 16.1. The molecule has 2 nitrogen and oxygen atoms in total. The van der Waals surface area contributed by atoms with Crippen LogP contribution in [0.1, 0.15) is 56.5 Å². The van der Waals surface area contributed by atoms with Crippen LogP contribution < -0.4 is 0 Å². The molecule has 2 atom stereocenters. The minimum absolute atomic E-state index is 0.136. The average molecular weight is 286 g/mol. The lowest BCUT2D eigenvalue weighted by Crippen LogP contribution is -2.30. The molecule has 0 aliphatic heterocycles. The van der Waals surface area contributed by atoms with Gasteiger partial charge in [-0.2, -0.15) is 0 Å². The van der Waals surface area contributed by atoms with Gasteiger partial charge in [0.05, 0.1) is 5.92 Å². The molecule has 0 saturated heterocycles. The first kappa shape index (κ1) is 12.1. The van der Waals surface area contributed by atoms with Crippen molar-refractivity contribution in [3.8, 4) is 0 Å². The Bertz CT molecular complexity index is 888. The largest absolute Gasteiger partial charge is 0.293 e. The van der Waals surface area contributed by atoms with Crippen molar-refractivity contribution in [2.45, 2.75) is 24.7 Å². The van der Waals surface area contributed by atoms with Crippen LogP contribution in [0.5, 0.6) is 0 Å². The minimum Gasteiger partial charge on any atom is -0.293 e. The number of benzene rings is 2. The normalized spacial score (nSPS) is 24.9. The van der Waals surface area contributed by atoms with E-state index in [4.69, 9.17) is 0 Å². The van der Waals surface area contributed by atoms with Crippen LogP contribution in [-0.2, 0) is 0 Å². The molecule has 0 fully saturated rings. The van der Waals surface area contributed by atoms with Crippen molar-refractivity contribution in [3.05, 3.63) is 81.9 Å². The summed E-state index contributed by atoms with van der Waals surface area (Å²) in [6, 6.07) is 15.5. The Balaban J connectivity index is 1.86. The molecule has 3 aliphatic rings. The highest BCUT2D eigenvalue weighted by molar-refractivity contribution is 6.18. The molecule has 0 N–H and O–H groups in total. The smallest absolute Gasteiger partial charge is 0.189 e. The Morgan fingerprint density at radius 1 is 0.818 bits per heavy atom. The summed E-state index contributed by atoms with van der Waals surface area (Å²) in [5, 5.41) is 0. The van der Waals surface area contributed by atoms with E-state index in [9.17, 15) is 9.59 Å². The van der Waals surface area contributed by atoms with Crippen LogP contribution in [0.3, 0.4) is 0 Å². The lowest BCUT2D eigenvalue weighted by molar-refractivity contribution is 0.0957. The number of ketones is 2. The van der Waals surface area contributed by atoms with Crippen LogP contribution in [-0.4, -0.2) is 11.6 Å². The zero-order chi connectivity index (χ0) is 14.8. The molecule has 3 aliphatic carbocycles. The lowest BCUT2D eigenvalue weighted by atomic mass is 9.67. The van der Waals surface area contributed by atoms with Crippen molar-refractivity contribution in [2.75, 3.05) is 0 Å². The van der Waals surface area contributed by atoms with Gasteiger partial charge < -0.3 is 0 Å². The number of Topliss-reactive ketones (excluding diaryl/α,β-unsaturated/α-hetero) is 2. The predicted octanol–water partition coefficient (Wildman–Crippen LogP) is 4.04. The third-order valence-electron chi connectivity index (χ3n) is 5.37. The fraction of sp³-hybridized carbons (Fsp3) is 0.200. The second-order valence-electron chi connectivity index (χ2n) is 6.33. The third kappa shape index (κ3) is 1.31. The molecule has 0 aromatic heterocycles. The molecule has 2 heteroatoms. The van der Waals surface area contributed by atoms with Crippen molar-refractivity contribution in [1.82, 2.24) is 0 Å². The summed E-state index contributed by atoms with van der Waals surface area (Å²) in [6.45, 7) is 0. The standard InChI is InChI=1S/C20H14O2/c21-19-15-8-4-2-6-12(15)18-17-13(9-10-16(17)19)11-5-1-3-7-14(11)20(18)22/h1-8,13,18H,9-10H2/t13-,18-/m0/s1. The van der Waals surface area contributed by atoms with Crippen LogP contribution in [0.4, 0.5) is 0 Å². The Morgan fingerprint density at radius 3 is 2.32 bits per heavy atom. The first-order valence-corrected chi connectivity index (χ1v) is 7.77. The first-order chi connectivity index (χ1) is 10.8. The number of allylic oxidation sites excluding steroid dienone is 2. The fourth-order valence-corrected chi connectivity index (χ4v) is 4.49. The Labute approximate surface area is 128 Å². The molecule has 2 aromatic rings. The van der Waals surface area contributed by atoms with Crippen LogP contribution >= 0.6 is 0 Å². The highest BCUT2D eigenvalue weighted by Crippen LogP contribution is 2.55. The molecular weight excluding hydrogens is 272 g/mol. The van der Waals surface area contributed by atoms with E-state index in [-0.39, 0.29) is 23.4 Å². The maximum absolute atomic E-state index is 13.1. The number of hydrogen-bond acceptors (Lipinski definition) is 2. The molecule has 0 unspecified atom stereocenters. The molecule has 106 valence electrons. The molecule has 0 heterocycles. The fourth-order valence-electron chi connectivity index (χ4n) is 4.49. The number of hydrogen-bond donors (Lipinski definition) is 0. The van der Waals surface area contributed by atoms with Crippen molar-refractivity contribution < 1.29 is 9.59 Å². The summed E-state index contributed by atoms with van der Waals surface area (Å²) in [5.41, 5.74) is 5.56. The van der Waals surface area contributed by atoms with Gasteiger partial charge in [0.15, 0.2) is 11.6 Å². The van der Waals surface area contributed by atoms with Gasteiger partial charge in [-0.05, 0) is 29.5 Å². The molecule has 0 amide bonds. The number of rotatable bonds is 0. The number of carbonyl (C=O) groups is 2. The van der Waals surface area contributed by atoms with Gasteiger partial charge in [0.25, 0.3) is 0 Å². The van der Waals surface area contributed by atoms with E-state index in [1.807, 2.05) is 42.5 Å². The van der Waals surface area contributed by atoms with Crippen molar-refractivity contribution in [2.24, 2.45) is 0 Å². The van der Waals surface area contributed by atoms with Gasteiger partial charge in [0.1, 0.15) is 0 Å². The van der Waals surface area contributed by atoms with Crippen LogP contribution in [0.15, 0.2) is 59.7 Å². The van der Waals surface area contributed by atoms with E-state index in [1.54, 1.807) is 0 Å². The third-order valence-corrected chi connectivity index (χ3v) is 5.37. The van der Waals surface area contributed by atoms with Gasteiger partial charge in [-0.15, -0.1) is 0 Å². The topological polar surface area (TPSA) is 34.1 Å². The van der Waals surface area contributed by atoms with Gasteiger partial charge in [-0.1, -0.05) is 48.5 Å². The zero-order valence-corrected chi connectivity index (χ0v) is 12.0. The Morgan fingerprint density at radius 2 is 1.50 bits per heavy atom. The SMILES string of the molecule is O=C1C2=C3[C@@H](C(=O)c4ccccc4[C@@H]3CC2)c2ccccc21. The second kappa shape index (κ2) is 4.04. The molecule has 0 radical (unpaired) electrons. The molecular formula is C20H14O2. The van der Waals surface area contributed by atoms with E-state index in [0.29, 0.717) is 0 Å². The van der Waals surface area contributed by atoms with Crippen LogP contribution in [0, 0.1) is 0 Å². The van der Waals surface area contributed by atoms with E-state index in [2.05, 4.69) is 6.07 Å². The maximum Gasteiger partial charge on any atom is 0.189 e. The summed E-state index contributed by atoms with van der Waals surface area (Å²) in [6.07, 6.45) is 1.75. The highest BCUT2D eigenvalue weighted by Gasteiger charge is 2.47. The van der Waals surface area contributed by atoms with Gasteiger partial charge in [0, 0.05) is 22.6 Å². The summed E-state index contributed by atoms with van der Waals surface area (Å²) < 4.78 is 0. The first-order valence-electron chi connectivity index (χ1n) is 7.77. The van der Waals surface area contributed by atoms with Gasteiger partial charge in [-0.25, -0.2) is 0 Å². The maximum atomic E-state index is 13.1. The molecule has 0 spiro atoms. The zero-order valence-electron chi connectivity index (χ0n) is 12.0. The second-order valence-corrected chi connectivity index (χ2v) is 6.33. The van der Waals surface area contributed by atoms with E-state index in [1.165, 1.54) is 0 Å². The molecule has 22 heavy (non-hydrogen) atoms. The van der Waals surface area contributed by atoms with Crippen molar-refractivity contribution >= 4 is 11.6 Å². The molecule has 5 rings (SSSR count). The Hall–Kier alpha value is -2.48. The summed E-state index contributed by atoms with van der Waals surface area (Å²) in [7, 11) is 0. The minimum atomic E-state index is -0.244. The van der Waals surface area contributed by atoms with Crippen molar-refractivity contribution in [1.29, 1.82) is 0 Å². The van der Waals surface area contributed by atoms with Gasteiger partial charge >= 0.3 is 0 Å². The van der Waals surface area contributed by atoms with Gasteiger partial charge in [-0.3, -0.25) is 9.59 Å². The quantitative estimate of drug-likeness (QED) is 0.732. The lowest BCUT2D eigenvalue weighted by Gasteiger charge is -2.34. The van der Waals surface area contributed by atoms with E-state index < -0.39 is 0 Å². The van der Waals surface area contributed by atoms with Crippen molar-refractivity contribution in [3.63, 3.8) is 0 Å². The molecule has 0 saturated carbocycles. The summed E-state index contributed by atoms with van der Waals surface area (Å²) >= 11 is 0.